The van der Waals surface area contributed by atoms with Gasteiger partial charge in [-0.25, -0.2) is 0 Å². The molecule has 19 heavy (non-hydrogen) atoms. The van der Waals surface area contributed by atoms with Crippen LogP contribution in [0.15, 0.2) is 0 Å². The molecular formula is C14H27ClN2O2. The van der Waals surface area contributed by atoms with E-state index in [2.05, 4.69) is 10.6 Å². The molecule has 2 fully saturated rings. The molecule has 0 bridgehead atoms. The first kappa shape index (κ1) is 16.7. The summed E-state index contributed by atoms with van der Waals surface area (Å²) < 4.78 is 0. The third-order valence-electron chi connectivity index (χ3n) is 4.51. The topological polar surface area (TPSA) is 61.4 Å². The highest BCUT2D eigenvalue weighted by Crippen LogP contribution is 2.24. The summed E-state index contributed by atoms with van der Waals surface area (Å²) in [6, 6.07) is 0. The lowest BCUT2D eigenvalue weighted by Crippen LogP contribution is -2.57. The van der Waals surface area contributed by atoms with E-state index < -0.39 is 5.54 Å². The van der Waals surface area contributed by atoms with Crippen molar-refractivity contribution in [2.45, 2.75) is 63.5 Å². The van der Waals surface area contributed by atoms with E-state index >= 15 is 0 Å². The van der Waals surface area contributed by atoms with Crippen LogP contribution in [-0.4, -0.2) is 35.7 Å². The second-order valence-electron chi connectivity index (χ2n) is 6.04. The molecule has 0 aromatic heterocycles. The molecule has 0 spiro atoms. The van der Waals surface area contributed by atoms with Crippen molar-refractivity contribution >= 4 is 18.3 Å². The third-order valence-corrected chi connectivity index (χ3v) is 4.51. The van der Waals surface area contributed by atoms with Crippen molar-refractivity contribution in [1.29, 1.82) is 0 Å². The Kier molecular flexibility index (Phi) is 6.57. The second kappa shape index (κ2) is 7.46. The molecule has 5 heteroatoms. The van der Waals surface area contributed by atoms with Gasteiger partial charge < -0.3 is 15.7 Å². The van der Waals surface area contributed by atoms with Gasteiger partial charge >= 0.3 is 0 Å². The molecule has 2 aliphatic rings. The second-order valence-corrected chi connectivity index (χ2v) is 6.04. The van der Waals surface area contributed by atoms with Gasteiger partial charge in [0.15, 0.2) is 0 Å². The molecule has 1 aliphatic heterocycles. The average molecular weight is 291 g/mol. The van der Waals surface area contributed by atoms with Crippen molar-refractivity contribution in [2.24, 2.45) is 5.92 Å². The Hall–Kier alpha value is -0.320. The van der Waals surface area contributed by atoms with Gasteiger partial charge in [-0.1, -0.05) is 12.8 Å². The van der Waals surface area contributed by atoms with Crippen LogP contribution in [-0.2, 0) is 4.79 Å². The standard InChI is InChI=1S/C14H26N2O2.ClH/c1-14(8-4-5-9-16-14)13(18)15-10-11-6-2-3-7-12(11)17;/h11-12,16-17H,2-10H2,1H3,(H,15,18);1H. The SMILES string of the molecule is CC1(C(=O)NCC2CCCCC2O)CCCCN1.Cl. The molecule has 0 aromatic carbocycles. The highest BCUT2D eigenvalue weighted by atomic mass is 35.5. The first-order valence-electron chi connectivity index (χ1n) is 7.33. The Morgan fingerprint density at radius 3 is 2.68 bits per heavy atom. The first-order chi connectivity index (χ1) is 8.62. The number of carbonyl (C=O) groups is 1. The molecule has 3 unspecified atom stereocenters. The van der Waals surface area contributed by atoms with Gasteiger partial charge in [0.05, 0.1) is 11.6 Å². The molecule has 1 saturated heterocycles. The zero-order valence-electron chi connectivity index (χ0n) is 11.8. The summed E-state index contributed by atoms with van der Waals surface area (Å²) in [4.78, 5) is 12.2. The maximum Gasteiger partial charge on any atom is 0.240 e. The predicted molar refractivity (Wildman–Crippen MR) is 78.5 cm³/mol. The minimum atomic E-state index is -0.405. The summed E-state index contributed by atoms with van der Waals surface area (Å²) >= 11 is 0. The number of carbonyl (C=O) groups excluding carboxylic acids is 1. The van der Waals surface area contributed by atoms with Crippen molar-refractivity contribution in [1.82, 2.24) is 10.6 Å². The predicted octanol–water partition coefficient (Wildman–Crippen LogP) is 1.61. The van der Waals surface area contributed by atoms with E-state index in [4.69, 9.17) is 0 Å². The lowest BCUT2D eigenvalue weighted by molar-refractivity contribution is -0.128. The Labute approximate surface area is 122 Å². The summed E-state index contributed by atoms with van der Waals surface area (Å²) in [6.45, 7) is 3.53. The summed E-state index contributed by atoms with van der Waals surface area (Å²) in [7, 11) is 0. The molecule has 3 N–H and O–H groups in total. The number of amides is 1. The van der Waals surface area contributed by atoms with E-state index in [1.54, 1.807) is 0 Å². The number of aliphatic hydroxyl groups is 1. The largest absolute Gasteiger partial charge is 0.393 e. The quantitative estimate of drug-likeness (QED) is 0.740. The highest BCUT2D eigenvalue weighted by Gasteiger charge is 2.34. The van der Waals surface area contributed by atoms with E-state index in [-0.39, 0.29) is 30.3 Å². The molecule has 3 atom stereocenters. The van der Waals surface area contributed by atoms with E-state index in [1.807, 2.05) is 6.92 Å². The van der Waals surface area contributed by atoms with Gasteiger partial charge in [0, 0.05) is 12.5 Å². The van der Waals surface area contributed by atoms with E-state index in [9.17, 15) is 9.90 Å². The monoisotopic (exact) mass is 290 g/mol. The molecule has 1 saturated carbocycles. The lowest BCUT2D eigenvalue weighted by Gasteiger charge is -2.35. The molecule has 2 rings (SSSR count). The third kappa shape index (κ3) is 4.33. The summed E-state index contributed by atoms with van der Waals surface area (Å²) in [5.74, 6) is 0.342. The summed E-state index contributed by atoms with van der Waals surface area (Å²) in [6.07, 6.45) is 7.16. The number of aliphatic hydroxyl groups excluding tert-OH is 1. The van der Waals surface area contributed by atoms with Gasteiger partial charge in [-0.2, -0.15) is 0 Å². The molecule has 4 nitrogen and oxygen atoms in total. The van der Waals surface area contributed by atoms with Crippen molar-refractivity contribution in [2.75, 3.05) is 13.1 Å². The van der Waals surface area contributed by atoms with Gasteiger partial charge in [-0.15, -0.1) is 12.4 Å². The van der Waals surface area contributed by atoms with Gasteiger partial charge in [0.1, 0.15) is 0 Å². The van der Waals surface area contributed by atoms with Crippen LogP contribution in [0.2, 0.25) is 0 Å². The molecular weight excluding hydrogens is 264 g/mol. The molecule has 0 radical (unpaired) electrons. The molecule has 1 aliphatic carbocycles. The van der Waals surface area contributed by atoms with Crippen LogP contribution in [0.1, 0.15) is 51.9 Å². The van der Waals surface area contributed by atoms with Gasteiger partial charge in [-0.3, -0.25) is 4.79 Å². The van der Waals surface area contributed by atoms with Gasteiger partial charge in [-0.05, 0) is 45.6 Å². The van der Waals surface area contributed by atoms with E-state index in [0.717, 1.165) is 45.1 Å². The zero-order valence-corrected chi connectivity index (χ0v) is 12.6. The summed E-state index contributed by atoms with van der Waals surface area (Å²) in [5, 5.41) is 16.2. The van der Waals surface area contributed by atoms with Crippen LogP contribution in [0.4, 0.5) is 0 Å². The fourth-order valence-corrected chi connectivity index (χ4v) is 3.10. The minimum absolute atomic E-state index is 0. The van der Waals surface area contributed by atoms with E-state index in [0.29, 0.717) is 6.54 Å². The van der Waals surface area contributed by atoms with Crippen LogP contribution in [0.5, 0.6) is 0 Å². The van der Waals surface area contributed by atoms with Crippen LogP contribution in [0, 0.1) is 5.92 Å². The number of nitrogens with one attached hydrogen (secondary N) is 2. The van der Waals surface area contributed by atoms with Crippen LogP contribution in [0.25, 0.3) is 0 Å². The van der Waals surface area contributed by atoms with Crippen molar-refractivity contribution in [3.05, 3.63) is 0 Å². The fourth-order valence-electron chi connectivity index (χ4n) is 3.10. The molecule has 1 amide bonds. The van der Waals surface area contributed by atoms with Crippen molar-refractivity contribution in [3.63, 3.8) is 0 Å². The smallest absolute Gasteiger partial charge is 0.240 e. The first-order valence-corrected chi connectivity index (χ1v) is 7.33. The number of hydrogen-bond acceptors (Lipinski definition) is 3. The van der Waals surface area contributed by atoms with Crippen molar-refractivity contribution < 1.29 is 9.90 Å². The maximum atomic E-state index is 12.2. The van der Waals surface area contributed by atoms with E-state index in [1.165, 1.54) is 6.42 Å². The number of hydrogen-bond donors (Lipinski definition) is 3. The molecule has 0 aromatic rings. The van der Waals surface area contributed by atoms with Crippen LogP contribution >= 0.6 is 12.4 Å². The highest BCUT2D eigenvalue weighted by molar-refractivity contribution is 5.86. The Morgan fingerprint density at radius 1 is 1.32 bits per heavy atom. The van der Waals surface area contributed by atoms with Gasteiger partial charge in [0.2, 0.25) is 5.91 Å². The van der Waals surface area contributed by atoms with Crippen LogP contribution in [0.3, 0.4) is 0 Å². The average Bonchev–Trinajstić information content (AvgIpc) is 2.38. The molecule has 112 valence electrons. The Balaban J connectivity index is 0.00000180. The number of halogens is 1. The molecule has 1 heterocycles. The Morgan fingerprint density at radius 2 is 2.05 bits per heavy atom. The van der Waals surface area contributed by atoms with Gasteiger partial charge in [0.25, 0.3) is 0 Å². The summed E-state index contributed by atoms with van der Waals surface area (Å²) in [5.41, 5.74) is -0.405. The zero-order chi connectivity index (χ0) is 13.0. The fraction of sp³-hybridized carbons (Fsp3) is 0.929. The number of piperidine rings is 1. The van der Waals surface area contributed by atoms with Crippen molar-refractivity contribution in [3.8, 4) is 0 Å². The normalized spacial score (nSPS) is 35.3. The van der Waals surface area contributed by atoms with Crippen LogP contribution < -0.4 is 10.6 Å². The lowest BCUT2D eigenvalue weighted by atomic mass is 9.85. The Bertz CT molecular complexity index is 293. The minimum Gasteiger partial charge on any atom is -0.393 e. The number of rotatable bonds is 3. The maximum absolute atomic E-state index is 12.2.